The molecule has 0 aliphatic carbocycles. The Kier molecular flexibility index (Phi) is 6.03. The molecule has 0 unspecified atom stereocenters. The SMILES string of the molecule is CCOC(=O)N1CCN(C(=O)CSc2nc3cc(Cl)ccc3s2)CC1. The second-order valence-corrected chi connectivity index (χ2v) is 8.14. The maximum atomic E-state index is 12.4. The highest BCUT2D eigenvalue weighted by molar-refractivity contribution is 8.01. The van der Waals surface area contributed by atoms with Crippen molar-refractivity contribution in [1.82, 2.24) is 14.8 Å². The molecule has 1 aliphatic heterocycles. The largest absolute Gasteiger partial charge is 0.450 e. The van der Waals surface area contributed by atoms with E-state index in [1.54, 1.807) is 28.1 Å². The first-order valence-electron chi connectivity index (χ1n) is 7.95. The summed E-state index contributed by atoms with van der Waals surface area (Å²) in [6, 6.07) is 5.61. The van der Waals surface area contributed by atoms with Gasteiger partial charge in [-0.15, -0.1) is 11.3 Å². The Hall–Kier alpha value is -1.51. The third-order valence-electron chi connectivity index (χ3n) is 3.81. The second kappa shape index (κ2) is 8.25. The first kappa shape index (κ1) is 18.3. The van der Waals surface area contributed by atoms with Crippen molar-refractivity contribution in [3.8, 4) is 0 Å². The van der Waals surface area contributed by atoms with E-state index in [1.807, 2.05) is 18.2 Å². The number of carbonyl (C=O) groups is 2. The van der Waals surface area contributed by atoms with E-state index in [2.05, 4.69) is 4.98 Å². The highest BCUT2D eigenvalue weighted by atomic mass is 35.5. The summed E-state index contributed by atoms with van der Waals surface area (Å²) in [5.41, 5.74) is 0.857. The van der Waals surface area contributed by atoms with Gasteiger partial charge in [-0.1, -0.05) is 23.4 Å². The fourth-order valence-electron chi connectivity index (χ4n) is 2.51. The van der Waals surface area contributed by atoms with E-state index in [0.29, 0.717) is 43.6 Å². The van der Waals surface area contributed by atoms with Crippen LogP contribution in [0, 0.1) is 0 Å². The zero-order valence-corrected chi connectivity index (χ0v) is 16.1. The van der Waals surface area contributed by atoms with Gasteiger partial charge in [-0.05, 0) is 25.1 Å². The van der Waals surface area contributed by atoms with Crippen molar-refractivity contribution in [2.45, 2.75) is 11.3 Å². The lowest BCUT2D eigenvalue weighted by atomic mass is 10.3. The molecule has 9 heteroatoms. The zero-order chi connectivity index (χ0) is 17.8. The Morgan fingerprint density at radius 3 is 2.72 bits per heavy atom. The van der Waals surface area contributed by atoms with E-state index < -0.39 is 0 Å². The van der Waals surface area contributed by atoms with E-state index in [0.717, 1.165) is 14.6 Å². The van der Waals surface area contributed by atoms with Crippen LogP contribution in [-0.4, -0.2) is 65.3 Å². The molecule has 0 N–H and O–H groups in total. The predicted molar refractivity (Wildman–Crippen MR) is 101 cm³/mol. The third kappa shape index (κ3) is 4.56. The fraction of sp³-hybridized carbons (Fsp3) is 0.438. The van der Waals surface area contributed by atoms with E-state index in [9.17, 15) is 9.59 Å². The Morgan fingerprint density at radius 1 is 1.28 bits per heavy atom. The molecule has 1 saturated heterocycles. The van der Waals surface area contributed by atoms with Crippen LogP contribution in [0.1, 0.15) is 6.92 Å². The van der Waals surface area contributed by atoms with Gasteiger partial charge in [0, 0.05) is 31.2 Å². The Balaban J connectivity index is 1.50. The van der Waals surface area contributed by atoms with Gasteiger partial charge in [0.25, 0.3) is 0 Å². The highest BCUT2D eigenvalue weighted by Gasteiger charge is 2.24. The van der Waals surface area contributed by atoms with Gasteiger partial charge in [0.1, 0.15) is 0 Å². The van der Waals surface area contributed by atoms with Crippen LogP contribution < -0.4 is 0 Å². The fourth-order valence-corrected chi connectivity index (χ4v) is 4.63. The summed E-state index contributed by atoms with van der Waals surface area (Å²) in [6.07, 6.45) is -0.308. The summed E-state index contributed by atoms with van der Waals surface area (Å²) in [5.74, 6) is 0.401. The van der Waals surface area contributed by atoms with Crippen molar-refractivity contribution in [3.05, 3.63) is 23.2 Å². The average Bonchev–Trinajstić information content (AvgIpc) is 3.02. The summed E-state index contributed by atoms with van der Waals surface area (Å²) in [7, 11) is 0. The van der Waals surface area contributed by atoms with Gasteiger partial charge >= 0.3 is 6.09 Å². The molecule has 2 heterocycles. The molecule has 1 aromatic heterocycles. The van der Waals surface area contributed by atoms with Crippen molar-refractivity contribution in [2.75, 3.05) is 38.5 Å². The molecule has 25 heavy (non-hydrogen) atoms. The van der Waals surface area contributed by atoms with Crippen LogP contribution >= 0.6 is 34.7 Å². The molecule has 1 aromatic carbocycles. The minimum atomic E-state index is -0.308. The number of carbonyl (C=O) groups excluding carboxylic acids is 2. The maximum Gasteiger partial charge on any atom is 0.409 e. The number of nitrogens with zero attached hydrogens (tertiary/aromatic N) is 3. The smallest absolute Gasteiger partial charge is 0.409 e. The summed E-state index contributed by atoms with van der Waals surface area (Å²) in [6.45, 7) is 4.23. The number of hydrogen-bond donors (Lipinski definition) is 0. The van der Waals surface area contributed by atoms with Gasteiger partial charge in [-0.2, -0.15) is 0 Å². The number of halogens is 1. The summed E-state index contributed by atoms with van der Waals surface area (Å²) >= 11 is 8.97. The number of benzene rings is 1. The van der Waals surface area contributed by atoms with Crippen molar-refractivity contribution in [1.29, 1.82) is 0 Å². The Morgan fingerprint density at radius 2 is 2.00 bits per heavy atom. The first-order valence-corrected chi connectivity index (χ1v) is 10.1. The quantitative estimate of drug-likeness (QED) is 0.738. The van der Waals surface area contributed by atoms with E-state index in [-0.39, 0.29) is 12.0 Å². The number of thioether (sulfide) groups is 1. The lowest BCUT2D eigenvalue weighted by molar-refractivity contribution is -0.129. The van der Waals surface area contributed by atoms with Crippen LogP contribution in [0.2, 0.25) is 5.02 Å². The van der Waals surface area contributed by atoms with Crippen molar-refractivity contribution in [2.24, 2.45) is 0 Å². The van der Waals surface area contributed by atoms with Gasteiger partial charge in [0.05, 0.1) is 22.6 Å². The number of piperazine rings is 1. The number of thiazole rings is 1. The van der Waals surface area contributed by atoms with Crippen LogP contribution in [0.15, 0.2) is 22.5 Å². The third-order valence-corrected chi connectivity index (χ3v) is 6.21. The summed E-state index contributed by atoms with van der Waals surface area (Å²) in [4.78, 5) is 32.0. The average molecular weight is 400 g/mol. The van der Waals surface area contributed by atoms with Crippen molar-refractivity contribution >= 4 is 56.9 Å². The molecule has 0 atom stereocenters. The lowest BCUT2D eigenvalue weighted by Crippen LogP contribution is -2.51. The molecule has 0 radical (unpaired) electrons. The predicted octanol–water partition coefficient (Wildman–Crippen LogP) is 3.34. The lowest BCUT2D eigenvalue weighted by Gasteiger charge is -2.33. The molecular formula is C16H18ClN3O3S2. The van der Waals surface area contributed by atoms with E-state index >= 15 is 0 Å². The number of amides is 2. The zero-order valence-electron chi connectivity index (χ0n) is 13.7. The number of fused-ring (bicyclic) bond motifs is 1. The number of hydrogen-bond acceptors (Lipinski definition) is 6. The van der Waals surface area contributed by atoms with Crippen LogP contribution in [0.25, 0.3) is 10.2 Å². The van der Waals surface area contributed by atoms with Gasteiger partial charge in [-0.25, -0.2) is 9.78 Å². The van der Waals surface area contributed by atoms with E-state index in [1.165, 1.54) is 11.8 Å². The van der Waals surface area contributed by atoms with Crippen LogP contribution in [0.4, 0.5) is 4.79 Å². The Bertz CT molecular complexity index is 775. The molecule has 2 amide bonds. The van der Waals surface area contributed by atoms with Crippen molar-refractivity contribution < 1.29 is 14.3 Å². The van der Waals surface area contributed by atoms with Gasteiger partial charge in [0.15, 0.2) is 4.34 Å². The van der Waals surface area contributed by atoms with Gasteiger partial charge in [-0.3, -0.25) is 4.79 Å². The normalized spacial score (nSPS) is 14.8. The topological polar surface area (TPSA) is 62.7 Å². The molecule has 6 nitrogen and oxygen atoms in total. The molecule has 134 valence electrons. The summed E-state index contributed by atoms with van der Waals surface area (Å²) in [5, 5.41) is 0.657. The van der Waals surface area contributed by atoms with Crippen LogP contribution in [-0.2, 0) is 9.53 Å². The number of ether oxygens (including phenoxy) is 1. The molecule has 0 bridgehead atoms. The minimum absolute atomic E-state index is 0.0609. The standard InChI is InChI=1S/C16H18ClN3O3S2/c1-2-23-16(22)20-7-5-19(6-8-20)14(21)10-24-15-18-12-9-11(17)3-4-13(12)25-15/h3-4,9H,2,5-8,10H2,1H3. The van der Waals surface area contributed by atoms with Gasteiger partial charge < -0.3 is 14.5 Å². The molecule has 2 aromatic rings. The molecule has 0 spiro atoms. The number of aromatic nitrogens is 1. The number of rotatable bonds is 4. The van der Waals surface area contributed by atoms with Crippen molar-refractivity contribution in [3.63, 3.8) is 0 Å². The van der Waals surface area contributed by atoms with E-state index in [4.69, 9.17) is 16.3 Å². The molecule has 1 fully saturated rings. The minimum Gasteiger partial charge on any atom is -0.450 e. The summed E-state index contributed by atoms with van der Waals surface area (Å²) < 4.78 is 6.90. The van der Waals surface area contributed by atoms with Crippen LogP contribution in [0.5, 0.6) is 0 Å². The molecule has 0 saturated carbocycles. The maximum absolute atomic E-state index is 12.4. The molecular weight excluding hydrogens is 382 g/mol. The monoisotopic (exact) mass is 399 g/mol. The van der Waals surface area contributed by atoms with Gasteiger partial charge in [0.2, 0.25) is 5.91 Å². The first-order chi connectivity index (χ1) is 12.1. The van der Waals surface area contributed by atoms with Crippen LogP contribution in [0.3, 0.4) is 0 Å². The molecule has 3 rings (SSSR count). The Labute approximate surface area is 159 Å². The highest BCUT2D eigenvalue weighted by Crippen LogP contribution is 2.31. The second-order valence-electron chi connectivity index (χ2n) is 5.45. The molecule has 1 aliphatic rings.